The first-order chi connectivity index (χ1) is 12.2. The van der Waals surface area contributed by atoms with Crippen molar-refractivity contribution in [1.29, 1.82) is 0 Å². The molecular formula is C20H23NO4. The van der Waals surface area contributed by atoms with Crippen LogP contribution >= 0.6 is 0 Å². The average molecular weight is 341 g/mol. The van der Waals surface area contributed by atoms with Gasteiger partial charge in [-0.2, -0.15) is 0 Å². The smallest absolute Gasteiger partial charge is 0.204 e. The Labute approximate surface area is 148 Å². The van der Waals surface area contributed by atoms with Gasteiger partial charge in [-0.05, 0) is 43.8 Å². The lowest BCUT2D eigenvalue weighted by Crippen LogP contribution is -2.11. The second-order valence-corrected chi connectivity index (χ2v) is 5.68. The van der Waals surface area contributed by atoms with Crippen molar-refractivity contribution >= 4 is 12.2 Å². The Morgan fingerprint density at radius 3 is 2.32 bits per heavy atom. The van der Waals surface area contributed by atoms with Crippen molar-refractivity contribution in [2.75, 3.05) is 34.9 Å². The molecule has 5 nitrogen and oxygen atoms in total. The van der Waals surface area contributed by atoms with E-state index in [-0.39, 0.29) is 0 Å². The van der Waals surface area contributed by atoms with Gasteiger partial charge in [0.1, 0.15) is 0 Å². The third kappa shape index (κ3) is 3.15. The van der Waals surface area contributed by atoms with E-state index in [4.69, 9.17) is 18.9 Å². The number of nitrogens with one attached hydrogen (secondary N) is 1. The number of likely N-dealkylation sites (N-methyl/N-ethyl adjacent to an activating group) is 1. The Morgan fingerprint density at radius 1 is 0.880 bits per heavy atom. The van der Waals surface area contributed by atoms with Crippen molar-refractivity contribution < 1.29 is 18.9 Å². The van der Waals surface area contributed by atoms with Crippen LogP contribution in [0.25, 0.3) is 12.2 Å². The zero-order valence-corrected chi connectivity index (χ0v) is 15.0. The largest absolute Gasteiger partial charge is 0.493 e. The van der Waals surface area contributed by atoms with Crippen molar-refractivity contribution in [3.8, 4) is 28.7 Å². The summed E-state index contributed by atoms with van der Waals surface area (Å²) in [7, 11) is 6.81. The van der Waals surface area contributed by atoms with E-state index in [9.17, 15) is 0 Å². The van der Waals surface area contributed by atoms with Crippen molar-refractivity contribution in [1.82, 2.24) is 5.32 Å². The van der Waals surface area contributed by atoms with Gasteiger partial charge in [0.05, 0.1) is 21.3 Å². The highest BCUT2D eigenvalue weighted by Gasteiger charge is 2.23. The summed E-state index contributed by atoms with van der Waals surface area (Å²) < 4.78 is 22.8. The maximum Gasteiger partial charge on any atom is 0.204 e. The molecule has 0 amide bonds. The first-order valence-electron chi connectivity index (χ1n) is 8.18. The number of fused-ring (bicyclic) bond motifs is 2. The summed E-state index contributed by atoms with van der Waals surface area (Å²) in [6.07, 6.45) is 5.00. The number of methoxy groups -OCH3 is 3. The van der Waals surface area contributed by atoms with Crippen molar-refractivity contribution in [3.63, 3.8) is 0 Å². The molecule has 0 spiro atoms. The summed E-state index contributed by atoms with van der Waals surface area (Å²) in [6.45, 7) is 0.886. The summed E-state index contributed by atoms with van der Waals surface area (Å²) in [4.78, 5) is 0. The van der Waals surface area contributed by atoms with Gasteiger partial charge >= 0.3 is 0 Å². The topological polar surface area (TPSA) is 49.0 Å². The molecule has 1 N–H and O–H groups in total. The molecule has 2 aromatic rings. The van der Waals surface area contributed by atoms with Gasteiger partial charge in [-0.25, -0.2) is 0 Å². The lowest BCUT2D eigenvalue weighted by Gasteiger charge is -2.18. The molecule has 0 saturated heterocycles. The first-order valence-corrected chi connectivity index (χ1v) is 8.18. The number of hydrogen-bond acceptors (Lipinski definition) is 5. The molecule has 1 heterocycles. The van der Waals surface area contributed by atoms with Gasteiger partial charge < -0.3 is 24.3 Å². The molecule has 0 saturated carbocycles. The predicted molar refractivity (Wildman–Crippen MR) is 99.2 cm³/mol. The maximum atomic E-state index is 6.30. The minimum absolute atomic E-state index is 0.570. The molecule has 25 heavy (non-hydrogen) atoms. The fraction of sp³-hybridized carbons (Fsp3) is 0.300. The van der Waals surface area contributed by atoms with Crippen LogP contribution in [0.5, 0.6) is 28.7 Å². The molecule has 0 aliphatic carbocycles. The minimum atomic E-state index is 0.570. The number of ether oxygens (including phenoxy) is 4. The molecule has 1 aliphatic heterocycles. The summed E-state index contributed by atoms with van der Waals surface area (Å²) in [6, 6.07) is 7.85. The number of hydrogen-bond donors (Lipinski definition) is 1. The highest BCUT2D eigenvalue weighted by atomic mass is 16.5. The van der Waals surface area contributed by atoms with Crippen LogP contribution in [-0.2, 0) is 6.42 Å². The Morgan fingerprint density at radius 2 is 1.64 bits per heavy atom. The van der Waals surface area contributed by atoms with Gasteiger partial charge in [0, 0.05) is 11.1 Å². The fourth-order valence-electron chi connectivity index (χ4n) is 2.97. The highest BCUT2D eigenvalue weighted by Crippen LogP contribution is 2.48. The number of benzene rings is 2. The number of rotatable bonds is 6. The van der Waals surface area contributed by atoms with Gasteiger partial charge in [0.2, 0.25) is 5.75 Å². The molecule has 0 unspecified atom stereocenters. The SMILES string of the molecule is CNCCc1ccc(OC)c2c1C=Cc1ccc(OC)c(OC)c1O2. The van der Waals surface area contributed by atoms with E-state index in [2.05, 4.69) is 17.5 Å². The van der Waals surface area contributed by atoms with E-state index < -0.39 is 0 Å². The summed E-state index contributed by atoms with van der Waals surface area (Å²) in [5.41, 5.74) is 3.14. The van der Waals surface area contributed by atoms with Gasteiger partial charge in [0.25, 0.3) is 0 Å². The zero-order chi connectivity index (χ0) is 17.8. The Hall–Kier alpha value is -2.66. The molecule has 1 aliphatic rings. The second kappa shape index (κ2) is 7.49. The van der Waals surface area contributed by atoms with Crippen LogP contribution in [0.1, 0.15) is 16.7 Å². The average Bonchev–Trinajstić information content (AvgIpc) is 2.85. The first kappa shape index (κ1) is 17.2. The van der Waals surface area contributed by atoms with E-state index in [0.717, 1.165) is 24.1 Å². The van der Waals surface area contributed by atoms with Crippen LogP contribution in [0, 0.1) is 0 Å². The summed E-state index contributed by atoms with van der Waals surface area (Å²) in [5.74, 6) is 3.20. The van der Waals surface area contributed by atoms with Gasteiger partial charge in [-0.15, -0.1) is 0 Å². The lowest BCUT2D eigenvalue weighted by molar-refractivity contribution is 0.329. The van der Waals surface area contributed by atoms with Gasteiger partial charge in [0.15, 0.2) is 23.0 Å². The van der Waals surface area contributed by atoms with Crippen LogP contribution < -0.4 is 24.3 Å². The molecule has 0 atom stereocenters. The van der Waals surface area contributed by atoms with Crippen LogP contribution in [-0.4, -0.2) is 34.9 Å². The molecular weight excluding hydrogens is 318 g/mol. The molecule has 0 radical (unpaired) electrons. The van der Waals surface area contributed by atoms with Gasteiger partial charge in [-0.3, -0.25) is 0 Å². The van der Waals surface area contributed by atoms with E-state index in [1.165, 1.54) is 5.56 Å². The van der Waals surface area contributed by atoms with Crippen molar-refractivity contribution in [2.24, 2.45) is 0 Å². The van der Waals surface area contributed by atoms with E-state index in [1.54, 1.807) is 21.3 Å². The molecule has 5 heteroatoms. The molecule has 0 aromatic heterocycles. The normalized spacial score (nSPS) is 11.8. The summed E-state index contributed by atoms with van der Waals surface area (Å²) >= 11 is 0. The van der Waals surface area contributed by atoms with Crippen LogP contribution in [0.2, 0.25) is 0 Å². The lowest BCUT2D eigenvalue weighted by atomic mass is 10.0. The third-order valence-corrected chi connectivity index (χ3v) is 4.28. The summed E-state index contributed by atoms with van der Waals surface area (Å²) in [5, 5.41) is 3.18. The second-order valence-electron chi connectivity index (χ2n) is 5.68. The Kier molecular flexibility index (Phi) is 5.14. The Balaban J connectivity index is 2.16. The van der Waals surface area contributed by atoms with Gasteiger partial charge in [-0.1, -0.05) is 18.2 Å². The maximum absolute atomic E-state index is 6.30. The zero-order valence-electron chi connectivity index (χ0n) is 15.0. The quantitative estimate of drug-likeness (QED) is 0.740. The van der Waals surface area contributed by atoms with E-state index in [1.807, 2.05) is 31.3 Å². The van der Waals surface area contributed by atoms with Crippen LogP contribution in [0.3, 0.4) is 0 Å². The molecule has 0 fully saturated rings. The monoisotopic (exact) mass is 341 g/mol. The molecule has 3 rings (SSSR count). The van der Waals surface area contributed by atoms with Crippen molar-refractivity contribution in [3.05, 3.63) is 41.0 Å². The van der Waals surface area contributed by atoms with E-state index >= 15 is 0 Å². The molecule has 0 bridgehead atoms. The minimum Gasteiger partial charge on any atom is -0.493 e. The molecule has 2 aromatic carbocycles. The van der Waals surface area contributed by atoms with E-state index in [0.29, 0.717) is 28.7 Å². The fourth-order valence-corrected chi connectivity index (χ4v) is 2.97. The molecule has 132 valence electrons. The third-order valence-electron chi connectivity index (χ3n) is 4.28. The highest BCUT2D eigenvalue weighted by molar-refractivity contribution is 5.82. The standard InChI is InChI=1S/C20H23NO4/c1-21-12-11-13-6-9-16(22-2)19-15(13)8-5-14-7-10-17(23-3)20(24-4)18(14)25-19/h5-10,21H,11-12H2,1-4H3. The van der Waals surface area contributed by atoms with Crippen molar-refractivity contribution in [2.45, 2.75) is 6.42 Å². The Bertz CT molecular complexity index is 799. The van der Waals surface area contributed by atoms with Crippen LogP contribution in [0.4, 0.5) is 0 Å². The van der Waals surface area contributed by atoms with Crippen LogP contribution in [0.15, 0.2) is 24.3 Å². The predicted octanol–water partition coefficient (Wildman–Crippen LogP) is 3.75.